The molecule has 0 fully saturated rings. The topological polar surface area (TPSA) is 77.0 Å². The molecule has 0 spiro atoms. The molecule has 0 aromatic heterocycles. The molecule has 0 aliphatic heterocycles. The number of aliphatic hydroxyl groups excluding tert-OH is 1. The van der Waals surface area contributed by atoms with E-state index in [1.165, 1.54) is 6.92 Å². The van der Waals surface area contributed by atoms with E-state index in [0.29, 0.717) is 26.2 Å². The molecule has 0 saturated carbocycles. The van der Waals surface area contributed by atoms with Gasteiger partial charge < -0.3 is 23.7 Å². The van der Waals surface area contributed by atoms with Gasteiger partial charge in [0.05, 0.1) is 5.67 Å². The molecule has 0 aliphatic carbocycles. The van der Waals surface area contributed by atoms with E-state index in [1.54, 1.807) is 0 Å². The van der Waals surface area contributed by atoms with Gasteiger partial charge in [0.1, 0.15) is 6.10 Å². The molecule has 0 rings (SSSR count). The van der Waals surface area contributed by atoms with Crippen molar-refractivity contribution in [1.29, 1.82) is 0 Å². The third kappa shape index (κ3) is 5.58. The molecule has 7 heteroatoms. The molecule has 19 heavy (non-hydrogen) atoms. The first-order valence-corrected chi connectivity index (χ1v) is 8.67. The summed E-state index contributed by atoms with van der Waals surface area (Å²) in [6, 6.07) is 0. The molecule has 6 nitrogen and oxygen atoms in total. The highest BCUT2D eigenvalue weighted by Gasteiger charge is 2.49. The van der Waals surface area contributed by atoms with Crippen LogP contribution < -0.4 is 5.32 Å². The molecule has 2 atom stereocenters. The van der Waals surface area contributed by atoms with Gasteiger partial charge >= 0.3 is 8.80 Å². The second-order valence-electron chi connectivity index (χ2n) is 4.05. The maximum absolute atomic E-state index is 11.7. The highest BCUT2D eigenvalue weighted by Crippen LogP contribution is 2.18. The Bertz CT molecular complexity index is 245. The van der Waals surface area contributed by atoms with E-state index in [9.17, 15) is 9.90 Å². The second kappa shape index (κ2) is 9.43. The number of hydrogen-bond donors (Lipinski definition) is 2. The molecule has 0 aromatic rings. The summed E-state index contributed by atoms with van der Waals surface area (Å²) >= 11 is 0. The van der Waals surface area contributed by atoms with Gasteiger partial charge in [-0.2, -0.15) is 0 Å². The van der Waals surface area contributed by atoms with Gasteiger partial charge in [-0.25, -0.2) is 0 Å². The van der Waals surface area contributed by atoms with E-state index >= 15 is 0 Å². The number of aliphatic hydroxyl groups is 1. The maximum Gasteiger partial charge on any atom is 0.524 e. The van der Waals surface area contributed by atoms with Gasteiger partial charge in [0.15, 0.2) is 0 Å². The van der Waals surface area contributed by atoms with Crippen LogP contribution in [0.5, 0.6) is 0 Å². The van der Waals surface area contributed by atoms with Crippen molar-refractivity contribution in [3.63, 3.8) is 0 Å². The van der Waals surface area contributed by atoms with Crippen molar-refractivity contribution >= 4 is 14.7 Å². The Morgan fingerprint density at radius 2 is 1.53 bits per heavy atom. The molecular formula is C12H27NO5Si. The molecule has 2 N–H and O–H groups in total. The summed E-state index contributed by atoms with van der Waals surface area (Å²) < 4.78 is 17.2. The Balaban J connectivity index is 5.07. The van der Waals surface area contributed by atoms with Crippen molar-refractivity contribution < 1.29 is 23.2 Å². The third-order valence-corrected chi connectivity index (χ3v) is 6.05. The fraction of sp³-hybridized carbons (Fsp3) is 0.917. The molecule has 0 aromatic carbocycles. The van der Waals surface area contributed by atoms with Gasteiger partial charge in [-0.05, 0) is 34.1 Å². The largest absolute Gasteiger partial charge is 0.524 e. The predicted octanol–water partition coefficient (Wildman–Crippen LogP) is 0.850. The molecule has 0 heterocycles. The van der Waals surface area contributed by atoms with Crippen LogP contribution in [-0.2, 0) is 18.1 Å². The first-order valence-electron chi connectivity index (χ1n) is 6.87. The van der Waals surface area contributed by atoms with Crippen LogP contribution in [0.25, 0.3) is 0 Å². The van der Waals surface area contributed by atoms with Gasteiger partial charge in [-0.15, -0.1) is 0 Å². The minimum Gasteiger partial charge on any atom is -0.384 e. The highest BCUT2D eigenvalue weighted by atomic mass is 28.4. The predicted molar refractivity (Wildman–Crippen MR) is 74.5 cm³/mol. The summed E-state index contributed by atoms with van der Waals surface area (Å²) in [6.45, 7) is 10.3. The number of carbonyl (C=O) groups is 1. The van der Waals surface area contributed by atoms with E-state index < -0.39 is 20.8 Å². The zero-order valence-corrected chi connectivity index (χ0v) is 13.6. The van der Waals surface area contributed by atoms with Crippen LogP contribution in [0, 0.1) is 0 Å². The van der Waals surface area contributed by atoms with Crippen LogP contribution >= 0.6 is 0 Å². The van der Waals surface area contributed by atoms with Crippen LogP contribution in [-0.4, -0.2) is 51.4 Å². The lowest BCUT2D eigenvalue weighted by molar-refractivity contribution is -0.129. The van der Waals surface area contributed by atoms with Crippen molar-refractivity contribution in [2.24, 2.45) is 0 Å². The summed E-state index contributed by atoms with van der Waals surface area (Å²) in [6.07, 6.45) is -0.448. The van der Waals surface area contributed by atoms with E-state index in [0.717, 1.165) is 0 Å². The first-order chi connectivity index (χ1) is 8.97. The number of rotatable bonds is 10. The summed E-state index contributed by atoms with van der Waals surface area (Å²) in [5, 5.41) is 12.1. The van der Waals surface area contributed by atoms with Crippen LogP contribution in [0.15, 0.2) is 0 Å². The Morgan fingerprint density at radius 3 is 1.79 bits per heavy atom. The molecule has 1 amide bonds. The summed E-state index contributed by atoms with van der Waals surface area (Å²) in [7, 11) is -2.98. The average Bonchev–Trinajstić information content (AvgIpc) is 2.36. The van der Waals surface area contributed by atoms with E-state index in [-0.39, 0.29) is 5.67 Å². The summed E-state index contributed by atoms with van der Waals surface area (Å²) in [5.74, 6) is -0.442. The Kier molecular flexibility index (Phi) is 9.20. The number of hydrogen-bond acceptors (Lipinski definition) is 5. The van der Waals surface area contributed by atoms with Gasteiger partial charge in [0.2, 0.25) is 5.91 Å². The van der Waals surface area contributed by atoms with Crippen molar-refractivity contribution in [2.45, 2.75) is 52.8 Å². The van der Waals surface area contributed by atoms with Crippen molar-refractivity contribution in [3.05, 3.63) is 0 Å². The van der Waals surface area contributed by atoms with Crippen LogP contribution in [0.3, 0.4) is 0 Å². The second-order valence-corrected chi connectivity index (χ2v) is 6.82. The van der Waals surface area contributed by atoms with E-state index in [1.807, 2.05) is 27.7 Å². The highest BCUT2D eigenvalue weighted by molar-refractivity contribution is 6.62. The maximum atomic E-state index is 11.7. The lowest BCUT2D eigenvalue weighted by atomic mass is 10.3. The summed E-state index contributed by atoms with van der Waals surface area (Å²) in [5.41, 5.74) is -0.352. The Morgan fingerprint density at radius 1 is 1.11 bits per heavy atom. The molecule has 2 unspecified atom stereocenters. The minimum absolute atomic E-state index is 0.352. The molecule has 0 saturated heterocycles. The lowest BCUT2D eigenvalue weighted by Gasteiger charge is -2.35. The quantitative estimate of drug-likeness (QED) is 0.584. The van der Waals surface area contributed by atoms with Gasteiger partial charge in [-0.3, -0.25) is 4.79 Å². The van der Waals surface area contributed by atoms with Gasteiger partial charge in [0, 0.05) is 19.8 Å². The Labute approximate surface area is 116 Å². The van der Waals surface area contributed by atoms with Crippen LogP contribution in [0.4, 0.5) is 0 Å². The fourth-order valence-corrected chi connectivity index (χ4v) is 4.64. The van der Waals surface area contributed by atoms with Crippen molar-refractivity contribution in [3.8, 4) is 0 Å². The van der Waals surface area contributed by atoms with Crippen molar-refractivity contribution in [2.75, 3.05) is 19.8 Å². The zero-order chi connectivity index (χ0) is 14.9. The summed E-state index contributed by atoms with van der Waals surface area (Å²) in [4.78, 5) is 11.7. The van der Waals surface area contributed by atoms with E-state index in [2.05, 4.69) is 5.32 Å². The molecule has 114 valence electrons. The SMILES string of the molecule is CCO[Si](OCC)(OCC)C(CC)NC(=O)C(C)O. The lowest BCUT2D eigenvalue weighted by Crippen LogP contribution is -2.63. The van der Waals surface area contributed by atoms with Crippen LogP contribution in [0.2, 0.25) is 0 Å². The number of carbonyl (C=O) groups excluding carboxylic acids is 1. The normalized spacial score (nSPS) is 15.1. The smallest absolute Gasteiger partial charge is 0.384 e. The van der Waals surface area contributed by atoms with E-state index in [4.69, 9.17) is 13.3 Å². The third-order valence-electron chi connectivity index (χ3n) is 2.57. The molecule has 0 radical (unpaired) electrons. The minimum atomic E-state index is -2.98. The Hall–Kier alpha value is -0.473. The fourth-order valence-electron chi connectivity index (χ4n) is 1.76. The first kappa shape index (κ1) is 18.5. The van der Waals surface area contributed by atoms with Gasteiger partial charge in [0.25, 0.3) is 0 Å². The molecule has 0 aliphatic rings. The number of nitrogens with one attached hydrogen (secondary N) is 1. The number of amides is 1. The van der Waals surface area contributed by atoms with Crippen molar-refractivity contribution in [1.82, 2.24) is 5.32 Å². The van der Waals surface area contributed by atoms with Gasteiger partial charge in [-0.1, -0.05) is 6.92 Å². The standard InChI is InChI=1S/C12H27NO5Si/c1-6-11(13-12(15)10(5)14)19(16-7-2,17-8-3)18-9-4/h10-11,14H,6-9H2,1-5H3,(H,13,15). The monoisotopic (exact) mass is 293 g/mol. The average molecular weight is 293 g/mol. The molecular weight excluding hydrogens is 266 g/mol. The van der Waals surface area contributed by atoms with Crippen LogP contribution in [0.1, 0.15) is 41.0 Å². The zero-order valence-electron chi connectivity index (χ0n) is 12.6. The molecule has 0 bridgehead atoms.